The van der Waals surface area contributed by atoms with Crippen LogP contribution < -0.4 is 5.32 Å². The third-order valence-electron chi connectivity index (χ3n) is 2.04. The van der Waals surface area contributed by atoms with Crippen LogP contribution in [0.3, 0.4) is 0 Å². The first kappa shape index (κ1) is 10.7. The minimum absolute atomic E-state index is 0.241. The van der Waals surface area contributed by atoms with Gasteiger partial charge < -0.3 is 5.32 Å². The minimum Gasteiger partial charge on any atom is -0.354 e. The first-order valence-electron chi connectivity index (χ1n) is 4.52. The molecule has 0 aliphatic heterocycles. The lowest BCUT2D eigenvalue weighted by Crippen LogP contribution is -2.17. The molecule has 0 spiro atoms. The van der Waals surface area contributed by atoms with Crippen LogP contribution in [0.25, 0.3) is 11.3 Å². The Morgan fingerprint density at radius 2 is 2.06 bits per heavy atom. The number of nitrogens with one attached hydrogen (secondary N) is 1. The average molecular weight is 237 g/mol. The fourth-order valence-electron chi connectivity index (χ4n) is 1.25. The van der Waals surface area contributed by atoms with Crippen LogP contribution in [-0.4, -0.2) is 22.5 Å². The molecule has 0 bridgehead atoms. The fraction of sp³-hybridized carbons (Fsp3) is 0.100. The summed E-state index contributed by atoms with van der Waals surface area (Å²) >= 11 is 1.01. The highest BCUT2D eigenvalue weighted by molar-refractivity contribution is 7.08. The lowest BCUT2D eigenvalue weighted by atomic mass is 10.1. The van der Waals surface area contributed by atoms with Crippen LogP contribution in [0.15, 0.2) is 24.3 Å². The summed E-state index contributed by atoms with van der Waals surface area (Å²) in [5.74, 6) is -0.567. The van der Waals surface area contributed by atoms with Gasteiger partial charge in [-0.1, -0.05) is 4.49 Å². The molecule has 0 radical (unpaired) electrons. The van der Waals surface area contributed by atoms with Crippen molar-refractivity contribution in [1.82, 2.24) is 14.9 Å². The Hall–Kier alpha value is -1.82. The van der Waals surface area contributed by atoms with Gasteiger partial charge in [0.1, 0.15) is 16.4 Å². The summed E-state index contributed by atoms with van der Waals surface area (Å²) in [6.07, 6.45) is 0. The van der Waals surface area contributed by atoms with Gasteiger partial charge in [-0.15, -0.1) is 5.10 Å². The van der Waals surface area contributed by atoms with E-state index in [4.69, 9.17) is 0 Å². The third kappa shape index (κ3) is 1.92. The number of benzene rings is 1. The lowest BCUT2D eigenvalue weighted by Gasteiger charge is -1.99. The molecule has 82 valence electrons. The number of rotatable bonds is 2. The van der Waals surface area contributed by atoms with Crippen LogP contribution in [-0.2, 0) is 0 Å². The van der Waals surface area contributed by atoms with Crippen LogP contribution in [0.5, 0.6) is 0 Å². The monoisotopic (exact) mass is 237 g/mol. The first-order chi connectivity index (χ1) is 7.72. The summed E-state index contributed by atoms with van der Waals surface area (Å²) in [7, 11) is 1.54. The molecule has 1 heterocycles. The molecular formula is C10H8FN3OS. The van der Waals surface area contributed by atoms with Crippen LogP contribution in [0.1, 0.15) is 9.67 Å². The van der Waals surface area contributed by atoms with E-state index in [0.29, 0.717) is 16.1 Å². The molecule has 2 rings (SSSR count). The second-order valence-electron chi connectivity index (χ2n) is 3.04. The number of hydrogen-bond acceptors (Lipinski definition) is 4. The molecule has 1 amide bonds. The normalized spacial score (nSPS) is 10.1. The Kier molecular flexibility index (Phi) is 2.91. The van der Waals surface area contributed by atoms with Gasteiger partial charge in [0.25, 0.3) is 5.91 Å². The maximum atomic E-state index is 12.7. The fourth-order valence-corrected chi connectivity index (χ4v) is 1.88. The average Bonchev–Trinajstić information content (AvgIpc) is 2.78. The molecule has 4 nitrogen and oxygen atoms in total. The molecule has 0 atom stereocenters. The van der Waals surface area contributed by atoms with E-state index in [1.54, 1.807) is 12.1 Å². The van der Waals surface area contributed by atoms with Crippen LogP contribution in [0, 0.1) is 5.82 Å². The Balaban J connectivity index is 2.44. The summed E-state index contributed by atoms with van der Waals surface area (Å²) < 4.78 is 16.5. The van der Waals surface area contributed by atoms with Gasteiger partial charge in [0.2, 0.25) is 0 Å². The van der Waals surface area contributed by atoms with Gasteiger partial charge in [0, 0.05) is 12.6 Å². The third-order valence-corrected chi connectivity index (χ3v) is 2.76. The molecule has 16 heavy (non-hydrogen) atoms. The van der Waals surface area contributed by atoms with E-state index in [0.717, 1.165) is 11.5 Å². The maximum absolute atomic E-state index is 12.7. The first-order valence-corrected chi connectivity index (χ1v) is 5.30. The highest BCUT2D eigenvalue weighted by atomic mass is 32.1. The number of carbonyl (C=O) groups is 1. The molecule has 2 aromatic rings. The van der Waals surface area contributed by atoms with Gasteiger partial charge in [-0.2, -0.15) is 0 Å². The van der Waals surface area contributed by atoms with E-state index in [-0.39, 0.29) is 11.7 Å². The number of hydrogen-bond donors (Lipinski definition) is 1. The molecule has 0 saturated heterocycles. The van der Waals surface area contributed by atoms with Gasteiger partial charge in [0.15, 0.2) is 0 Å². The van der Waals surface area contributed by atoms with Crippen molar-refractivity contribution in [3.63, 3.8) is 0 Å². The van der Waals surface area contributed by atoms with Crippen molar-refractivity contribution in [2.24, 2.45) is 0 Å². The SMILES string of the molecule is CNC(=O)c1snnc1-c1ccc(F)cc1. The van der Waals surface area contributed by atoms with Gasteiger partial charge in [-0.3, -0.25) is 4.79 Å². The summed E-state index contributed by atoms with van der Waals surface area (Å²) in [5.41, 5.74) is 1.15. The van der Waals surface area contributed by atoms with Gasteiger partial charge >= 0.3 is 0 Å². The molecular weight excluding hydrogens is 229 g/mol. The van der Waals surface area contributed by atoms with E-state index >= 15 is 0 Å². The minimum atomic E-state index is -0.326. The molecule has 0 unspecified atom stereocenters. The molecule has 6 heteroatoms. The molecule has 0 aliphatic carbocycles. The van der Waals surface area contributed by atoms with E-state index in [2.05, 4.69) is 14.9 Å². The predicted molar refractivity (Wildman–Crippen MR) is 58.7 cm³/mol. The van der Waals surface area contributed by atoms with Gasteiger partial charge in [-0.05, 0) is 35.8 Å². The molecule has 0 saturated carbocycles. The van der Waals surface area contributed by atoms with E-state index < -0.39 is 0 Å². The zero-order chi connectivity index (χ0) is 11.5. The summed E-state index contributed by atoms with van der Waals surface area (Å²) in [4.78, 5) is 11.9. The lowest BCUT2D eigenvalue weighted by molar-refractivity contribution is 0.0967. The number of aromatic nitrogens is 2. The highest BCUT2D eigenvalue weighted by Crippen LogP contribution is 2.23. The molecule has 0 aliphatic rings. The van der Waals surface area contributed by atoms with Crippen LogP contribution in [0.4, 0.5) is 4.39 Å². The maximum Gasteiger partial charge on any atom is 0.265 e. The Bertz CT molecular complexity index is 509. The second-order valence-corrected chi connectivity index (χ2v) is 3.79. The quantitative estimate of drug-likeness (QED) is 0.865. The zero-order valence-electron chi connectivity index (χ0n) is 8.40. The largest absolute Gasteiger partial charge is 0.354 e. The van der Waals surface area contributed by atoms with Crippen molar-refractivity contribution < 1.29 is 9.18 Å². The molecule has 1 aromatic carbocycles. The van der Waals surface area contributed by atoms with Crippen molar-refractivity contribution >= 4 is 17.4 Å². The summed E-state index contributed by atoms with van der Waals surface area (Å²) in [6, 6.07) is 5.78. The van der Waals surface area contributed by atoms with Crippen molar-refractivity contribution in [1.29, 1.82) is 0 Å². The number of halogens is 1. The smallest absolute Gasteiger partial charge is 0.265 e. The zero-order valence-corrected chi connectivity index (χ0v) is 9.21. The Labute approximate surface area is 95.3 Å². The van der Waals surface area contributed by atoms with E-state index in [9.17, 15) is 9.18 Å². The van der Waals surface area contributed by atoms with Crippen molar-refractivity contribution in [2.45, 2.75) is 0 Å². The predicted octanol–water partition coefficient (Wildman–Crippen LogP) is 1.70. The van der Waals surface area contributed by atoms with E-state index in [1.165, 1.54) is 19.2 Å². The van der Waals surface area contributed by atoms with Crippen molar-refractivity contribution in [3.05, 3.63) is 35.0 Å². The number of nitrogens with zero attached hydrogens (tertiary/aromatic N) is 2. The van der Waals surface area contributed by atoms with Gasteiger partial charge in [-0.25, -0.2) is 4.39 Å². The summed E-state index contributed by atoms with van der Waals surface area (Å²) in [5, 5.41) is 6.38. The molecule has 0 fully saturated rings. The Morgan fingerprint density at radius 3 is 2.69 bits per heavy atom. The van der Waals surface area contributed by atoms with Crippen LogP contribution in [0.2, 0.25) is 0 Å². The highest BCUT2D eigenvalue weighted by Gasteiger charge is 2.16. The summed E-state index contributed by atoms with van der Waals surface area (Å²) in [6.45, 7) is 0. The Morgan fingerprint density at radius 1 is 1.38 bits per heavy atom. The number of carbonyl (C=O) groups excluding carboxylic acids is 1. The topological polar surface area (TPSA) is 54.9 Å². The van der Waals surface area contributed by atoms with Crippen LogP contribution >= 0.6 is 11.5 Å². The second kappa shape index (κ2) is 4.36. The number of amides is 1. The van der Waals surface area contributed by atoms with Crippen molar-refractivity contribution in [2.75, 3.05) is 7.05 Å². The standard InChI is InChI=1S/C10H8FN3OS/c1-12-10(15)9-8(13-14-16-9)6-2-4-7(11)5-3-6/h2-5H,1H3,(H,12,15). The van der Waals surface area contributed by atoms with Gasteiger partial charge in [0.05, 0.1) is 0 Å². The molecule has 1 N–H and O–H groups in total. The van der Waals surface area contributed by atoms with E-state index in [1.807, 2.05) is 0 Å². The molecule has 1 aromatic heterocycles. The van der Waals surface area contributed by atoms with Crippen molar-refractivity contribution in [3.8, 4) is 11.3 Å².